The lowest BCUT2D eigenvalue weighted by Gasteiger charge is -2.40. The van der Waals surface area contributed by atoms with Crippen LogP contribution in [0.4, 0.5) is 22.7 Å². The molecular weight excluding hydrogens is 817 g/mol. The average molecular weight is 875 g/mol. The van der Waals surface area contributed by atoms with Gasteiger partial charge < -0.3 is 14.5 Å². The molecule has 9 aromatic rings. The maximum absolute atomic E-state index is 6.87. The Labute approximate surface area is 395 Å². The van der Waals surface area contributed by atoms with Crippen LogP contribution in [0.3, 0.4) is 0 Å². The summed E-state index contributed by atoms with van der Waals surface area (Å²) in [6.07, 6.45) is 11.5. The molecule has 2 saturated carbocycles. The lowest BCUT2D eigenvalue weighted by molar-refractivity contribution is 0.483. The van der Waals surface area contributed by atoms with Gasteiger partial charge in [-0.2, -0.15) is 0 Å². The van der Waals surface area contributed by atoms with Crippen molar-refractivity contribution in [2.24, 2.45) is 0 Å². The summed E-state index contributed by atoms with van der Waals surface area (Å²) in [7, 11) is 0. The number of hydrogen-bond acceptors (Lipinski definition) is 4. The molecule has 0 unspecified atom stereocenters. The average Bonchev–Trinajstić information content (AvgIpc) is 4.20. The van der Waals surface area contributed by atoms with Crippen LogP contribution in [0, 0.1) is 0 Å². The summed E-state index contributed by atoms with van der Waals surface area (Å²) < 4.78 is 9.16. The maximum atomic E-state index is 6.87. The molecular formula is C62H58N4O. The van der Waals surface area contributed by atoms with Crippen LogP contribution >= 0.6 is 0 Å². The molecule has 5 heteroatoms. The standard InChI is InChI=1S/C62H58N4O/c1-60(2,3)46-34-39-63-58(40-46)66-54-29-11-10-26-50(54)51-33-32-49(42-57(51)66)67-48-25-18-24-47(41-48)64-43-65(56-31-13-12-30-55(56)64)59-52(61(35-14-15-36-61)44-20-6-4-7-21-44)27-19-28-53(59)62(37-16-17-38-62)45-22-8-5-9-23-45/h4-13,18-34,39-42H,14-17,35-38,43H2,1-3H3. The molecule has 0 spiro atoms. The van der Waals surface area contributed by atoms with Gasteiger partial charge in [-0.05, 0) is 114 Å². The van der Waals surface area contributed by atoms with Crippen molar-refractivity contribution >= 4 is 44.6 Å². The van der Waals surface area contributed by atoms with E-state index in [1.54, 1.807) is 0 Å². The van der Waals surface area contributed by atoms with E-state index in [1.807, 2.05) is 6.20 Å². The molecule has 332 valence electrons. The number of aromatic nitrogens is 2. The first-order valence-electron chi connectivity index (χ1n) is 24.5. The third-order valence-electron chi connectivity index (χ3n) is 15.5. The summed E-state index contributed by atoms with van der Waals surface area (Å²) in [5.41, 5.74) is 14.1. The quantitative estimate of drug-likeness (QED) is 0.145. The molecule has 2 fully saturated rings. The Morgan fingerprint density at radius 3 is 1.72 bits per heavy atom. The fraction of sp³-hybridized carbons (Fsp3) is 0.242. The lowest BCUT2D eigenvalue weighted by Crippen LogP contribution is -2.34. The number of fused-ring (bicyclic) bond motifs is 4. The van der Waals surface area contributed by atoms with Gasteiger partial charge in [-0.25, -0.2) is 4.98 Å². The number of para-hydroxylation sites is 4. The topological polar surface area (TPSA) is 33.5 Å². The van der Waals surface area contributed by atoms with Crippen LogP contribution in [0.2, 0.25) is 0 Å². The molecule has 0 saturated heterocycles. The molecule has 3 heterocycles. The molecule has 5 nitrogen and oxygen atoms in total. The summed E-state index contributed by atoms with van der Waals surface area (Å²) >= 11 is 0. The Bertz CT molecular complexity index is 3180. The van der Waals surface area contributed by atoms with Crippen LogP contribution in [-0.2, 0) is 16.2 Å². The van der Waals surface area contributed by atoms with Crippen molar-refractivity contribution in [2.75, 3.05) is 16.5 Å². The van der Waals surface area contributed by atoms with Gasteiger partial charge in [0.2, 0.25) is 0 Å². The van der Waals surface area contributed by atoms with E-state index in [-0.39, 0.29) is 16.2 Å². The monoisotopic (exact) mass is 874 g/mol. The second-order valence-electron chi connectivity index (χ2n) is 20.3. The number of ether oxygens (including phenoxy) is 1. The first-order chi connectivity index (χ1) is 32.8. The van der Waals surface area contributed by atoms with Gasteiger partial charge in [0.25, 0.3) is 0 Å². The van der Waals surface area contributed by atoms with Crippen molar-refractivity contribution in [3.8, 4) is 17.3 Å². The molecule has 0 N–H and O–H groups in total. The maximum Gasteiger partial charge on any atom is 0.137 e. The van der Waals surface area contributed by atoms with Crippen molar-refractivity contribution in [1.29, 1.82) is 0 Å². The van der Waals surface area contributed by atoms with Crippen LogP contribution in [0.25, 0.3) is 27.6 Å². The first-order valence-corrected chi connectivity index (χ1v) is 24.5. The molecule has 12 rings (SSSR count). The van der Waals surface area contributed by atoms with E-state index in [1.165, 1.54) is 81.3 Å². The summed E-state index contributed by atoms with van der Waals surface area (Å²) in [6.45, 7) is 7.44. The fourth-order valence-corrected chi connectivity index (χ4v) is 12.3. The van der Waals surface area contributed by atoms with Crippen molar-refractivity contribution in [3.05, 3.63) is 216 Å². The third kappa shape index (κ3) is 6.93. The largest absolute Gasteiger partial charge is 0.457 e. The van der Waals surface area contributed by atoms with Crippen LogP contribution in [0.1, 0.15) is 100.0 Å². The highest BCUT2D eigenvalue weighted by Crippen LogP contribution is 2.58. The van der Waals surface area contributed by atoms with Crippen LogP contribution in [-0.4, -0.2) is 16.2 Å². The highest BCUT2D eigenvalue weighted by Gasteiger charge is 2.46. The van der Waals surface area contributed by atoms with Gasteiger partial charge in [-0.1, -0.05) is 162 Å². The van der Waals surface area contributed by atoms with Gasteiger partial charge in [-0.15, -0.1) is 0 Å². The van der Waals surface area contributed by atoms with E-state index in [0.29, 0.717) is 6.67 Å². The minimum atomic E-state index is -0.0720. The molecule has 0 amide bonds. The van der Waals surface area contributed by atoms with Crippen LogP contribution in [0.5, 0.6) is 11.5 Å². The van der Waals surface area contributed by atoms with Gasteiger partial charge in [-0.3, -0.25) is 4.57 Å². The van der Waals surface area contributed by atoms with Crippen LogP contribution in [0.15, 0.2) is 188 Å². The van der Waals surface area contributed by atoms with Gasteiger partial charge in [0.15, 0.2) is 0 Å². The van der Waals surface area contributed by atoms with E-state index in [0.717, 1.165) is 59.7 Å². The molecule has 1 aliphatic heterocycles. The smallest absolute Gasteiger partial charge is 0.137 e. The summed E-state index contributed by atoms with van der Waals surface area (Å²) in [5.74, 6) is 2.49. The van der Waals surface area contributed by atoms with Crippen LogP contribution < -0.4 is 14.5 Å². The zero-order chi connectivity index (χ0) is 45.2. The molecule has 67 heavy (non-hydrogen) atoms. The first kappa shape index (κ1) is 41.3. The SMILES string of the molecule is CC(C)(C)c1ccnc(-n2c3ccccc3c3ccc(Oc4cccc(N5CN(c6c(C7(c8ccccc8)CCCC7)cccc6C6(c7ccccc7)CCCC6)c6ccccc65)c4)cc32)c1. The highest BCUT2D eigenvalue weighted by molar-refractivity contribution is 6.09. The number of hydrogen-bond donors (Lipinski definition) is 0. The summed E-state index contributed by atoms with van der Waals surface area (Å²) in [4.78, 5) is 10.1. The van der Waals surface area contributed by atoms with Gasteiger partial charge in [0.1, 0.15) is 24.0 Å². The highest BCUT2D eigenvalue weighted by atomic mass is 16.5. The number of nitrogens with zero attached hydrogens (tertiary/aromatic N) is 4. The minimum Gasteiger partial charge on any atom is -0.457 e. The van der Waals surface area contributed by atoms with E-state index >= 15 is 0 Å². The Kier molecular flexibility index (Phi) is 10.1. The molecule has 0 radical (unpaired) electrons. The van der Waals surface area contributed by atoms with Crippen molar-refractivity contribution in [2.45, 2.75) is 88.4 Å². The van der Waals surface area contributed by atoms with Gasteiger partial charge in [0, 0.05) is 45.6 Å². The zero-order valence-electron chi connectivity index (χ0n) is 39.0. The Balaban J connectivity index is 0.960. The number of benzene rings is 7. The van der Waals surface area contributed by atoms with Gasteiger partial charge >= 0.3 is 0 Å². The molecule has 0 bridgehead atoms. The number of rotatable bonds is 9. The minimum absolute atomic E-state index is 0.00509. The van der Waals surface area contributed by atoms with E-state index < -0.39 is 0 Å². The Hall–Kier alpha value is -7.11. The molecule has 7 aromatic carbocycles. The number of pyridine rings is 1. The summed E-state index contributed by atoms with van der Waals surface area (Å²) in [6, 6.07) is 67.4. The lowest BCUT2D eigenvalue weighted by atomic mass is 9.67. The molecule has 3 aliphatic rings. The van der Waals surface area contributed by atoms with Crippen molar-refractivity contribution < 1.29 is 4.74 Å². The predicted octanol–water partition coefficient (Wildman–Crippen LogP) is 16.2. The summed E-state index contributed by atoms with van der Waals surface area (Å²) in [5, 5.41) is 2.37. The second-order valence-corrected chi connectivity index (χ2v) is 20.3. The normalized spacial score (nSPS) is 16.5. The van der Waals surface area contributed by atoms with Crippen molar-refractivity contribution in [3.63, 3.8) is 0 Å². The van der Waals surface area contributed by atoms with E-state index in [2.05, 4.69) is 217 Å². The predicted molar refractivity (Wildman–Crippen MR) is 277 cm³/mol. The molecule has 0 atom stereocenters. The molecule has 2 aliphatic carbocycles. The molecule has 2 aromatic heterocycles. The van der Waals surface area contributed by atoms with E-state index in [9.17, 15) is 0 Å². The Morgan fingerprint density at radius 1 is 0.493 bits per heavy atom. The van der Waals surface area contributed by atoms with Gasteiger partial charge in [0.05, 0.1) is 28.1 Å². The number of anilines is 4. The van der Waals surface area contributed by atoms with E-state index in [4.69, 9.17) is 9.72 Å². The third-order valence-corrected chi connectivity index (χ3v) is 15.5. The Morgan fingerprint density at radius 2 is 1.06 bits per heavy atom. The second kappa shape index (κ2) is 16.3. The zero-order valence-corrected chi connectivity index (χ0v) is 39.0. The van der Waals surface area contributed by atoms with Crippen molar-refractivity contribution in [1.82, 2.24) is 9.55 Å². The fourth-order valence-electron chi connectivity index (χ4n) is 12.3.